The first-order valence-electron chi connectivity index (χ1n) is 17.8. The lowest BCUT2D eigenvalue weighted by atomic mass is 9.73. The van der Waals surface area contributed by atoms with Crippen molar-refractivity contribution in [2.45, 2.75) is 19.3 Å². The van der Waals surface area contributed by atoms with Crippen LogP contribution in [0.4, 0.5) is 22.7 Å². The molecule has 7 aromatic rings. The molecule has 0 saturated carbocycles. The fourth-order valence-corrected chi connectivity index (χ4v) is 8.21. The molecule has 1 aliphatic heterocycles. The van der Waals surface area contributed by atoms with Crippen LogP contribution in [0, 0.1) is 10.8 Å². The summed E-state index contributed by atoms with van der Waals surface area (Å²) in [5.41, 5.74) is 11.8. The highest BCUT2D eigenvalue weighted by Gasteiger charge is 2.40. The molecule has 2 aliphatic rings. The van der Waals surface area contributed by atoms with Crippen LogP contribution in [-0.4, -0.2) is 17.5 Å². The predicted octanol–water partition coefficient (Wildman–Crippen LogP) is 11.5. The zero-order valence-electron chi connectivity index (χ0n) is 29.5. The first-order valence-corrected chi connectivity index (χ1v) is 17.8. The minimum atomic E-state index is -0.222. The lowest BCUT2D eigenvalue weighted by molar-refractivity contribution is 0.104. The lowest BCUT2D eigenvalue weighted by Gasteiger charge is -2.42. The van der Waals surface area contributed by atoms with Gasteiger partial charge in [-0.1, -0.05) is 153 Å². The van der Waals surface area contributed by atoms with Crippen molar-refractivity contribution in [2.24, 2.45) is 0 Å². The fraction of sp³-hybridized carbons (Fsp3) is 0.0625. The Hall–Kier alpha value is -6.85. The minimum Gasteiger partial charge on any atom is -0.309 e. The quantitative estimate of drug-likeness (QED) is 0.140. The topological polar surface area (TPSA) is 71.2 Å². The van der Waals surface area contributed by atoms with E-state index >= 15 is 4.79 Å². The van der Waals surface area contributed by atoms with Gasteiger partial charge in [0, 0.05) is 27.8 Å². The number of ketones is 1. The average molecular weight is 685 g/mol. The maximum Gasteiger partial charge on any atom is 0.197 e. The van der Waals surface area contributed by atoms with Gasteiger partial charge < -0.3 is 4.90 Å². The number of anilines is 4. The molecule has 7 aromatic carbocycles. The molecule has 0 bridgehead atoms. The lowest BCUT2D eigenvalue weighted by Crippen LogP contribution is -2.37. The van der Waals surface area contributed by atoms with E-state index in [0.717, 1.165) is 39.3 Å². The number of benzene rings is 7. The fourth-order valence-electron chi connectivity index (χ4n) is 8.21. The molecule has 1 aliphatic carbocycles. The molecule has 0 fully saturated rings. The van der Waals surface area contributed by atoms with Gasteiger partial charge in [-0.25, -0.2) is 0 Å². The summed E-state index contributed by atoms with van der Waals surface area (Å²) in [5.74, 6) is 0.290. The van der Waals surface area contributed by atoms with E-state index in [9.17, 15) is 10.8 Å². The third kappa shape index (κ3) is 4.96. The summed E-state index contributed by atoms with van der Waals surface area (Å²) in [6.07, 6.45) is 0. The van der Waals surface area contributed by atoms with Gasteiger partial charge in [-0.3, -0.25) is 20.5 Å². The summed E-state index contributed by atoms with van der Waals surface area (Å²) in [7, 11) is 0. The van der Waals surface area contributed by atoms with Crippen LogP contribution < -0.4 is 9.80 Å². The summed E-state index contributed by atoms with van der Waals surface area (Å²) in [5, 5.41) is 19.0. The second-order valence-corrected chi connectivity index (χ2v) is 14.0. The number of hydrogen-bond donors (Lipinski definition) is 2. The molecule has 1 heterocycles. The van der Waals surface area contributed by atoms with Crippen LogP contribution in [-0.2, 0) is 5.41 Å². The van der Waals surface area contributed by atoms with Crippen molar-refractivity contribution in [1.82, 2.24) is 0 Å². The molecule has 0 spiro atoms. The Morgan fingerprint density at radius 2 is 0.962 bits per heavy atom. The van der Waals surface area contributed by atoms with E-state index < -0.39 is 0 Å². The molecule has 0 atom stereocenters. The molecule has 53 heavy (non-hydrogen) atoms. The molecule has 0 unspecified atom stereocenters. The van der Waals surface area contributed by atoms with Crippen molar-refractivity contribution in [3.05, 3.63) is 203 Å². The molecular weight excluding hydrogens is 649 g/mol. The maximum atomic E-state index is 15.1. The van der Waals surface area contributed by atoms with Gasteiger partial charge in [-0.15, -0.1) is 0 Å². The number of fused-ring (bicyclic) bond motifs is 5. The second kappa shape index (κ2) is 12.4. The third-order valence-electron chi connectivity index (χ3n) is 10.7. The van der Waals surface area contributed by atoms with Crippen molar-refractivity contribution >= 4 is 40.2 Å². The Kier molecular flexibility index (Phi) is 7.52. The predicted molar refractivity (Wildman–Crippen MR) is 217 cm³/mol. The second-order valence-electron chi connectivity index (χ2n) is 14.0. The highest BCUT2D eigenvalue weighted by Crippen LogP contribution is 2.54. The summed E-state index contributed by atoms with van der Waals surface area (Å²) in [4.78, 5) is 19.0. The molecule has 5 nitrogen and oxygen atoms in total. The van der Waals surface area contributed by atoms with Crippen LogP contribution >= 0.6 is 0 Å². The van der Waals surface area contributed by atoms with Crippen molar-refractivity contribution in [1.29, 1.82) is 10.8 Å². The van der Waals surface area contributed by atoms with Gasteiger partial charge in [0.25, 0.3) is 0 Å². The number of rotatable bonds is 5. The smallest absolute Gasteiger partial charge is 0.197 e. The Morgan fingerprint density at radius 3 is 1.62 bits per heavy atom. The number of hydrogen-bond acceptors (Lipinski definition) is 4. The van der Waals surface area contributed by atoms with Gasteiger partial charge >= 0.3 is 0 Å². The van der Waals surface area contributed by atoms with E-state index in [2.05, 4.69) is 73.3 Å². The SMILES string of the molecule is CC1(C)c2ccccc2N(c2cccc3c2C(=O)c2c(-c4ccccc4C(=N)N(C(=N)c4ccccc4)c4ccccc4)cccc2-3)c2ccccc21. The summed E-state index contributed by atoms with van der Waals surface area (Å²) < 4.78 is 0. The first-order chi connectivity index (χ1) is 25.9. The first kappa shape index (κ1) is 32.1. The van der Waals surface area contributed by atoms with Gasteiger partial charge in [0.15, 0.2) is 5.78 Å². The Labute approximate surface area is 309 Å². The molecule has 0 saturated heterocycles. The van der Waals surface area contributed by atoms with E-state index in [1.165, 1.54) is 11.1 Å². The van der Waals surface area contributed by atoms with E-state index in [4.69, 9.17) is 0 Å². The van der Waals surface area contributed by atoms with E-state index in [0.29, 0.717) is 27.9 Å². The van der Waals surface area contributed by atoms with E-state index in [1.54, 1.807) is 4.90 Å². The highest BCUT2D eigenvalue weighted by molar-refractivity contribution is 6.31. The van der Waals surface area contributed by atoms with Gasteiger partial charge in [0.2, 0.25) is 0 Å². The zero-order chi connectivity index (χ0) is 36.3. The van der Waals surface area contributed by atoms with Crippen molar-refractivity contribution in [3.63, 3.8) is 0 Å². The number of nitrogens with zero attached hydrogens (tertiary/aromatic N) is 2. The van der Waals surface area contributed by atoms with Crippen LogP contribution in [0.3, 0.4) is 0 Å². The average Bonchev–Trinajstić information content (AvgIpc) is 3.51. The summed E-state index contributed by atoms with van der Waals surface area (Å²) in [6.45, 7) is 4.53. The Bertz CT molecular complexity index is 2560. The largest absolute Gasteiger partial charge is 0.309 e. The number of carbonyl (C=O) groups is 1. The van der Waals surface area contributed by atoms with E-state index in [-0.39, 0.29) is 22.9 Å². The standard InChI is InChI=1S/C48H36N4O/c1-48(2)38-26-11-13-28-40(38)52(41-29-14-12-27-39(41)48)42-30-16-25-36-35-24-15-23-34(43(35)45(53)44(36)42)33-21-9-10-22-37(33)47(50)51(32-19-7-4-8-20-32)46(49)31-17-5-3-6-18-31/h3-30,49-50H,1-2H3. The number of nitrogens with one attached hydrogen (secondary N) is 2. The number of carbonyl (C=O) groups excluding carboxylic acids is 1. The molecule has 0 radical (unpaired) electrons. The molecule has 254 valence electrons. The Morgan fingerprint density at radius 1 is 0.491 bits per heavy atom. The molecule has 9 rings (SSSR count). The molecule has 2 N–H and O–H groups in total. The molecule has 0 aromatic heterocycles. The normalized spacial score (nSPS) is 13.4. The molecule has 0 amide bonds. The van der Waals surface area contributed by atoms with Crippen LogP contribution in [0.2, 0.25) is 0 Å². The van der Waals surface area contributed by atoms with Gasteiger partial charge in [-0.2, -0.15) is 0 Å². The Balaban J connectivity index is 1.19. The molecule has 5 heteroatoms. The van der Waals surface area contributed by atoms with Gasteiger partial charge in [0.1, 0.15) is 11.7 Å². The van der Waals surface area contributed by atoms with Crippen molar-refractivity contribution < 1.29 is 4.79 Å². The minimum absolute atomic E-state index is 0.0423. The number of para-hydroxylation sites is 3. The van der Waals surface area contributed by atoms with Crippen molar-refractivity contribution in [2.75, 3.05) is 9.80 Å². The van der Waals surface area contributed by atoms with Gasteiger partial charge in [0.05, 0.1) is 22.6 Å². The summed E-state index contributed by atoms with van der Waals surface area (Å²) in [6, 6.07) is 56.0. The van der Waals surface area contributed by atoms with Gasteiger partial charge in [-0.05, 0) is 63.7 Å². The molecular formula is C48H36N4O. The third-order valence-corrected chi connectivity index (χ3v) is 10.7. The van der Waals surface area contributed by atoms with Crippen LogP contribution in [0.25, 0.3) is 22.3 Å². The number of amidine groups is 2. The highest BCUT2D eigenvalue weighted by atomic mass is 16.1. The van der Waals surface area contributed by atoms with Crippen molar-refractivity contribution in [3.8, 4) is 22.3 Å². The van der Waals surface area contributed by atoms with Crippen LogP contribution in [0.15, 0.2) is 170 Å². The summed E-state index contributed by atoms with van der Waals surface area (Å²) >= 11 is 0. The maximum absolute atomic E-state index is 15.1. The zero-order valence-corrected chi connectivity index (χ0v) is 29.5. The van der Waals surface area contributed by atoms with Crippen LogP contribution in [0.5, 0.6) is 0 Å². The van der Waals surface area contributed by atoms with Crippen LogP contribution in [0.1, 0.15) is 52.0 Å². The monoisotopic (exact) mass is 684 g/mol. The van der Waals surface area contributed by atoms with E-state index in [1.807, 2.05) is 115 Å².